The quantitative estimate of drug-likeness (QED) is 0.870. The molecule has 0 unspecified atom stereocenters. The van der Waals surface area contributed by atoms with Gasteiger partial charge in [-0.15, -0.1) is 0 Å². The maximum atomic E-state index is 12.5. The molecule has 25 heavy (non-hydrogen) atoms. The Kier molecular flexibility index (Phi) is 4.35. The normalized spacial score (nSPS) is 12.9. The Bertz CT molecular complexity index is 817. The van der Waals surface area contributed by atoms with Crippen LogP contribution in [0.5, 0.6) is 5.75 Å². The van der Waals surface area contributed by atoms with Crippen LogP contribution in [0, 0.1) is 0 Å². The Morgan fingerprint density at radius 2 is 1.76 bits per heavy atom. The Morgan fingerprint density at radius 1 is 1.04 bits per heavy atom. The second kappa shape index (κ2) is 6.46. The van der Waals surface area contributed by atoms with Crippen molar-refractivity contribution < 1.29 is 27.5 Å². The summed E-state index contributed by atoms with van der Waals surface area (Å²) in [5, 5.41) is 4.44. The first kappa shape index (κ1) is 16.8. The number of hydrogen-bond acceptors (Lipinski definition) is 3. The van der Waals surface area contributed by atoms with Gasteiger partial charge in [0.2, 0.25) is 0 Å². The van der Waals surface area contributed by atoms with Crippen LogP contribution in [0.15, 0.2) is 42.5 Å². The van der Waals surface area contributed by atoms with Gasteiger partial charge in [-0.2, -0.15) is 13.2 Å². The molecule has 1 aliphatic rings. The maximum Gasteiger partial charge on any atom is 0.416 e. The second-order valence-electron chi connectivity index (χ2n) is 5.40. The predicted octanol–water partition coefficient (Wildman–Crippen LogP) is 3.60. The molecule has 2 aromatic rings. The summed E-state index contributed by atoms with van der Waals surface area (Å²) < 4.78 is 42.8. The first-order chi connectivity index (χ1) is 11.8. The Balaban J connectivity index is 1.61. The van der Waals surface area contributed by atoms with Gasteiger partial charge in [0.25, 0.3) is 5.91 Å². The van der Waals surface area contributed by atoms with Gasteiger partial charge < -0.3 is 10.1 Å². The number of urea groups is 1. The van der Waals surface area contributed by atoms with Crippen molar-refractivity contribution in [3.63, 3.8) is 0 Å². The standard InChI is InChI=1S/C17H13F3N2O3/c18-17(19,20)12-2-4-13(5-3-12)21-16(24)22-15(23)11-1-6-14-10(9-11)7-8-25-14/h1-6,9H,7-8H2,(H2,21,22,23,24). The third-order valence-electron chi connectivity index (χ3n) is 3.65. The molecule has 0 atom stereocenters. The SMILES string of the molecule is O=C(NC(=O)c1ccc2c(c1)CCO2)Nc1ccc(C(F)(F)F)cc1. The number of imide groups is 1. The van der Waals surface area contributed by atoms with E-state index in [4.69, 9.17) is 4.74 Å². The van der Waals surface area contributed by atoms with Crippen LogP contribution in [0.3, 0.4) is 0 Å². The molecule has 2 N–H and O–H groups in total. The molecule has 0 aromatic heterocycles. The molecule has 0 fully saturated rings. The lowest BCUT2D eigenvalue weighted by Gasteiger charge is -2.09. The fourth-order valence-corrected chi connectivity index (χ4v) is 2.41. The summed E-state index contributed by atoms with van der Waals surface area (Å²) in [5.41, 5.74) is 0.498. The third-order valence-corrected chi connectivity index (χ3v) is 3.65. The Morgan fingerprint density at radius 3 is 2.44 bits per heavy atom. The van der Waals surface area contributed by atoms with Gasteiger partial charge in [0.05, 0.1) is 12.2 Å². The molecule has 3 amide bonds. The number of carbonyl (C=O) groups excluding carboxylic acids is 2. The minimum absolute atomic E-state index is 0.139. The number of benzene rings is 2. The van der Waals surface area contributed by atoms with Crippen molar-refractivity contribution in [2.24, 2.45) is 0 Å². The number of ether oxygens (including phenoxy) is 1. The average Bonchev–Trinajstić information content (AvgIpc) is 3.01. The van der Waals surface area contributed by atoms with Crippen LogP contribution in [0.25, 0.3) is 0 Å². The van der Waals surface area contributed by atoms with Crippen molar-refractivity contribution in [2.75, 3.05) is 11.9 Å². The molecule has 1 aliphatic heterocycles. The van der Waals surface area contributed by atoms with Crippen molar-refractivity contribution in [3.05, 3.63) is 59.2 Å². The molecule has 0 saturated heterocycles. The van der Waals surface area contributed by atoms with Crippen LogP contribution < -0.4 is 15.4 Å². The van der Waals surface area contributed by atoms with Crippen LogP contribution in [-0.4, -0.2) is 18.5 Å². The molecule has 0 bridgehead atoms. The molecule has 0 aliphatic carbocycles. The van der Waals surface area contributed by atoms with E-state index in [9.17, 15) is 22.8 Å². The van der Waals surface area contributed by atoms with E-state index in [2.05, 4.69) is 10.6 Å². The molecule has 2 aromatic carbocycles. The number of rotatable bonds is 2. The molecule has 5 nitrogen and oxygen atoms in total. The smallest absolute Gasteiger partial charge is 0.416 e. The van der Waals surface area contributed by atoms with E-state index in [1.165, 1.54) is 6.07 Å². The van der Waals surface area contributed by atoms with Gasteiger partial charge in [-0.05, 0) is 48.0 Å². The summed E-state index contributed by atoms with van der Waals surface area (Å²) in [6.45, 7) is 0.550. The number of halogens is 3. The largest absolute Gasteiger partial charge is 0.493 e. The fraction of sp³-hybridized carbons (Fsp3) is 0.176. The van der Waals surface area contributed by atoms with Crippen LogP contribution in [-0.2, 0) is 12.6 Å². The molecular weight excluding hydrogens is 337 g/mol. The average molecular weight is 350 g/mol. The molecule has 0 radical (unpaired) electrons. The van der Waals surface area contributed by atoms with Crippen LogP contribution in [0.1, 0.15) is 21.5 Å². The monoisotopic (exact) mass is 350 g/mol. The molecule has 3 rings (SSSR count). The first-order valence-corrected chi connectivity index (χ1v) is 7.38. The second-order valence-corrected chi connectivity index (χ2v) is 5.40. The number of hydrogen-bond donors (Lipinski definition) is 2. The zero-order valence-electron chi connectivity index (χ0n) is 12.8. The number of carbonyl (C=O) groups is 2. The summed E-state index contributed by atoms with van der Waals surface area (Å²) in [6.07, 6.45) is -3.76. The van der Waals surface area contributed by atoms with Crippen LogP contribution in [0.2, 0.25) is 0 Å². The molecule has 130 valence electrons. The van der Waals surface area contributed by atoms with Crippen molar-refractivity contribution in [1.29, 1.82) is 0 Å². The highest BCUT2D eigenvalue weighted by Gasteiger charge is 2.30. The van der Waals surface area contributed by atoms with Gasteiger partial charge in [0, 0.05) is 17.7 Å². The van der Waals surface area contributed by atoms with Crippen molar-refractivity contribution in [2.45, 2.75) is 12.6 Å². The predicted molar refractivity (Wildman–Crippen MR) is 83.6 cm³/mol. The first-order valence-electron chi connectivity index (χ1n) is 7.38. The highest BCUT2D eigenvalue weighted by Crippen LogP contribution is 2.30. The van der Waals surface area contributed by atoms with Gasteiger partial charge in [0.1, 0.15) is 5.75 Å². The lowest BCUT2D eigenvalue weighted by atomic mass is 10.1. The number of fused-ring (bicyclic) bond motifs is 1. The summed E-state index contributed by atoms with van der Waals surface area (Å²) in [7, 11) is 0. The number of nitrogens with one attached hydrogen (secondary N) is 2. The molecule has 0 spiro atoms. The van der Waals surface area contributed by atoms with Crippen molar-refractivity contribution >= 4 is 17.6 Å². The van der Waals surface area contributed by atoms with E-state index in [-0.39, 0.29) is 5.69 Å². The highest BCUT2D eigenvalue weighted by molar-refractivity contribution is 6.08. The number of alkyl halides is 3. The summed E-state index contributed by atoms with van der Waals surface area (Å²) in [5.74, 6) is 0.102. The topological polar surface area (TPSA) is 67.4 Å². The lowest BCUT2D eigenvalue weighted by Crippen LogP contribution is -2.34. The van der Waals surface area contributed by atoms with Crippen molar-refractivity contribution in [3.8, 4) is 5.75 Å². The summed E-state index contributed by atoms with van der Waals surface area (Å²) in [4.78, 5) is 23.9. The van der Waals surface area contributed by atoms with E-state index in [1.54, 1.807) is 12.1 Å². The zero-order chi connectivity index (χ0) is 18.0. The van der Waals surface area contributed by atoms with E-state index < -0.39 is 23.7 Å². The maximum absolute atomic E-state index is 12.5. The van der Waals surface area contributed by atoms with Gasteiger partial charge in [0.15, 0.2) is 0 Å². The van der Waals surface area contributed by atoms with Crippen molar-refractivity contribution in [1.82, 2.24) is 5.32 Å². The van der Waals surface area contributed by atoms with E-state index in [1.807, 2.05) is 0 Å². The zero-order valence-corrected chi connectivity index (χ0v) is 12.8. The van der Waals surface area contributed by atoms with E-state index >= 15 is 0 Å². The molecule has 1 heterocycles. The summed E-state index contributed by atoms with van der Waals surface area (Å²) >= 11 is 0. The van der Waals surface area contributed by atoms with Crippen LogP contribution in [0.4, 0.5) is 23.7 Å². The van der Waals surface area contributed by atoms with E-state index in [0.29, 0.717) is 24.3 Å². The number of amides is 3. The Labute approximate surface area is 140 Å². The lowest BCUT2D eigenvalue weighted by molar-refractivity contribution is -0.137. The highest BCUT2D eigenvalue weighted by atomic mass is 19.4. The van der Waals surface area contributed by atoms with Gasteiger partial charge in [-0.3, -0.25) is 10.1 Å². The fourth-order valence-electron chi connectivity index (χ4n) is 2.41. The van der Waals surface area contributed by atoms with Gasteiger partial charge in [-0.1, -0.05) is 0 Å². The number of anilines is 1. The van der Waals surface area contributed by atoms with Crippen LogP contribution >= 0.6 is 0 Å². The molecule has 8 heteroatoms. The molecule has 0 saturated carbocycles. The van der Waals surface area contributed by atoms with Gasteiger partial charge >= 0.3 is 12.2 Å². The minimum atomic E-state index is -4.45. The molecular formula is C17H13F3N2O3. The third kappa shape index (κ3) is 3.90. The Hall–Kier alpha value is -3.03. The minimum Gasteiger partial charge on any atom is -0.493 e. The van der Waals surface area contributed by atoms with E-state index in [0.717, 1.165) is 29.8 Å². The van der Waals surface area contributed by atoms with Gasteiger partial charge in [-0.25, -0.2) is 4.79 Å². The summed E-state index contributed by atoms with van der Waals surface area (Å²) in [6, 6.07) is 7.91.